The molecule has 0 spiro atoms. The molecule has 3 nitrogen and oxygen atoms in total. The van der Waals surface area contributed by atoms with Crippen molar-refractivity contribution in [2.45, 2.75) is 25.6 Å². The first-order chi connectivity index (χ1) is 7.65. The van der Waals surface area contributed by atoms with Gasteiger partial charge in [0, 0.05) is 24.0 Å². The lowest BCUT2D eigenvalue weighted by Gasteiger charge is -2.12. The number of hydrogen-bond donors (Lipinski definition) is 2. The zero-order valence-corrected chi connectivity index (χ0v) is 10.8. The van der Waals surface area contributed by atoms with E-state index in [2.05, 4.69) is 27.3 Å². The van der Waals surface area contributed by atoms with E-state index in [4.69, 9.17) is 9.84 Å². The van der Waals surface area contributed by atoms with Gasteiger partial charge in [0.15, 0.2) is 0 Å². The summed E-state index contributed by atoms with van der Waals surface area (Å²) < 4.78 is 6.87. The Labute approximate surface area is 104 Å². The van der Waals surface area contributed by atoms with Gasteiger partial charge in [0.05, 0.1) is 6.10 Å². The highest BCUT2D eigenvalue weighted by atomic mass is 79.9. The molecule has 0 radical (unpaired) electrons. The number of fused-ring (bicyclic) bond motifs is 1. The van der Waals surface area contributed by atoms with Gasteiger partial charge in [-0.15, -0.1) is 0 Å². The van der Waals surface area contributed by atoms with E-state index in [1.54, 1.807) is 6.92 Å². The number of hydrogen-bond acceptors (Lipinski definition) is 3. The topological polar surface area (TPSA) is 41.5 Å². The van der Waals surface area contributed by atoms with Gasteiger partial charge in [-0.05, 0) is 30.7 Å². The van der Waals surface area contributed by atoms with Crippen molar-refractivity contribution in [1.29, 1.82) is 0 Å². The van der Waals surface area contributed by atoms with Crippen LogP contribution in [-0.2, 0) is 6.42 Å². The average molecular weight is 286 g/mol. The summed E-state index contributed by atoms with van der Waals surface area (Å²) in [7, 11) is 0. The molecule has 1 aromatic carbocycles. The molecule has 0 amide bonds. The van der Waals surface area contributed by atoms with Crippen LogP contribution >= 0.6 is 15.9 Å². The van der Waals surface area contributed by atoms with E-state index in [0.717, 1.165) is 23.2 Å². The number of ether oxygens (including phenoxy) is 1. The van der Waals surface area contributed by atoms with Crippen molar-refractivity contribution in [2.75, 3.05) is 13.1 Å². The van der Waals surface area contributed by atoms with Gasteiger partial charge in [0.25, 0.3) is 0 Å². The first-order valence-electron chi connectivity index (χ1n) is 5.49. The smallest absolute Gasteiger partial charge is 0.123 e. The molecule has 1 aliphatic heterocycles. The largest absolute Gasteiger partial charge is 0.488 e. The zero-order valence-electron chi connectivity index (χ0n) is 9.24. The Morgan fingerprint density at radius 2 is 2.44 bits per heavy atom. The second kappa shape index (κ2) is 5.17. The minimum absolute atomic E-state index is 0.183. The van der Waals surface area contributed by atoms with Gasteiger partial charge in [-0.3, -0.25) is 0 Å². The molecular formula is C12H16BrNO2. The van der Waals surface area contributed by atoms with E-state index in [9.17, 15) is 0 Å². The van der Waals surface area contributed by atoms with Crippen molar-refractivity contribution < 1.29 is 9.84 Å². The number of aliphatic hydroxyl groups is 1. The molecule has 2 atom stereocenters. The summed E-state index contributed by atoms with van der Waals surface area (Å²) in [5.41, 5.74) is 1.25. The fourth-order valence-electron chi connectivity index (χ4n) is 1.86. The van der Waals surface area contributed by atoms with Crippen molar-refractivity contribution in [3.8, 4) is 5.75 Å². The van der Waals surface area contributed by atoms with Crippen LogP contribution in [-0.4, -0.2) is 30.4 Å². The maximum atomic E-state index is 9.13. The van der Waals surface area contributed by atoms with Crippen LogP contribution in [0.25, 0.3) is 0 Å². The molecule has 4 heteroatoms. The summed E-state index contributed by atoms with van der Waals surface area (Å²) >= 11 is 3.45. The summed E-state index contributed by atoms with van der Waals surface area (Å²) in [6, 6.07) is 6.09. The van der Waals surface area contributed by atoms with Gasteiger partial charge in [-0.1, -0.05) is 15.9 Å². The Bertz CT molecular complexity index is 368. The predicted octanol–water partition coefficient (Wildman–Crippen LogP) is 1.72. The van der Waals surface area contributed by atoms with E-state index in [-0.39, 0.29) is 12.2 Å². The Balaban J connectivity index is 1.86. The number of rotatable bonds is 4. The minimum atomic E-state index is -0.307. The normalized spacial score (nSPS) is 20.3. The van der Waals surface area contributed by atoms with Gasteiger partial charge in [-0.25, -0.2) is 0 Å². The number of nitrogens with one attached hydrogen (secondary N) is 1. The molecule has 0 fully saturated rings. The van der Waals surface area contributed by atoms with Crippen LogP contribution in [0, 0.1) is 0 Å². The highest BCUT2D eigenvalue weighted by Crippen LogP contribution is 2.30. The van der Waals surface area contributed by atoms with E-state index >= 15 is 0 Å². The first kappa shape index (κ1) is 11.9. The quantitative estimate of drug-likeness (QED) is 0.885. The molecule has 2 N–H and O–H groups in total. The van der Waals surface area contributed by atoms with Crippen LogP contribution in [0.15, 0.2) is 22.7 Å². The molecule has 2 unspecified atom stereocenters. The molecule has 0 saturated heterocycles. The van der Waals surface area contributed by atoms with Gasteiger partial charge >= 0.3 is 0 Å². The van der Waals surface area contributed by atoms with E-state index < -0.39 is 0 Å². The van der Waals surface area contributed by atoms with Crippen LogP contribution in [0.1, 0.15) is 12.5 Å². The van der Waals surface area contributed by atoms with E-state index in [1.807, 2.05) is 12.1 Å². The number of aliphatic hydroxyl groups excluding tert-OH is 1. The second-order valence-electron chi connectivity index (χ2n) is 4.20. The lowest BCUT2D eigenvalue weighted by molar-refractivity contribution is 0.177. The first-order valence-corrected chi connectivity index (χ1v) is 6.28. The molecule has 2 rings (SSSR count). The molecule has 1 heterocycles. The summed E-state index contributed by atoms with van der Waals surface area (Å²) in [5.74, 6) is 0.979. The third kappa shape index (κ3) is 2.97. The highest BCUT2D eigenvalue weighted by molar-refractivity contribution is 9.10. The van der Waals surface area contributed by atoms with E-state index in [1.165, 1.54) is 5.56 Å². The summed E-state index contributed by atoms with van der Waals surface area (Å²) in [4.78, 5) is 0. The van der Waals surface area contributed by atoms with Crippen LogP contribution in [0.5, 0.6) is 5.75 Å². The van der Waals surface area contributed by atoms with Crippen molar-refractivity contribution >= 4 is 15.9 Å². The van der Waals surface area contributed by atoms with Gasteiger partial charge in [0.2, 0.25) is 0 Å². The SMILES string of the molecule is CC(O)CNCC1Cc2cc(Br)ccc2O1. The second-order valence-corrected chi connectivity index (χ2v) is 5.12. The Hall–Kier alpha value is -0.580. The minimum Gasteiger partial charge on any atom is -0.488 e. The Morgan fingerprint density at radius 3 is 3.19 bits per heavy atom. The number of benzene rings is 1. The number of halogens is 1. The standard InChI is InChI=1S/C12H16BrNO2/c1-8(15)6-14-7-11-5-9-4-10(13)2-3-12(9)16-11/h2-4,8,11,14-15H,5-7H2,1H3. The predicted molar refractivity (Wildman–Crippen MR) is 66.8 cm³/mol. The average Bonchev–Trinajstić information content (AvgIpc) is 2.58. The molecule has 0 bridgehead atoms. The third-order valence-corrected chi connectivity index (χ3v) is 3.07. The van der Waals surface area contributed by atoms with Crippen LogP contribution in [0.2, 0.25) is 0 Å². The Kier molecular flexibility index (Phi) is 3.84. The van der Waals surface area contributed by atoms with Gasteiger partial charge in [0.1, 0.15) is 11.9 Å². The van der Waals surface area contributed by atoms with Crippen molar-refractivity contribution in [2.24, 2.45) is 0 Å². The maximum absolute atomic E-state index is 9.13. The summed E-state index contributed by atoms with van der Waals surface area (Å²) in [6.07, 6.45) is 0.808. The Morgan fingerprint density at radius 1 is 1.62 bits per heavy atom. The molecule has 0 saturated carbocycles. The fraction of sp³-hybridized carbons (Fsp3) is 0.500. The van der Waals surface area contributed by atoms with Crippen molar-refractivity contribution in [3.05, 3.63) is 28.2 Å². The molecule has 0 aromatic heterocycles. The van der Waals surface area contributed by atoms with Crippen LogP contribution < -0.4 is 10.1 Å². The summed E-state index contributed by atoms with van der Waals surface area (Å²) in [6.45, 7) is 3.16. The molecule has 16 heavy (non-hydrogen) atoms. The lowest BCUT2D eigenvalue weighted by Crippen LogP contribution is -2.34. The van der Waals surface area contributed by atoms with Gasteiger partial charge < -0.3 is 15.2 Å². The molecule has 88 valence electrons. The summed E-state index contributed by atoms with van der Waals surface area (Å²) in [5, 5.41) is 12.3. The highest BCUT2D eigenvalue weighted by Gasteiger charge is 2.22. The third-order valence-electron chi connectivity index (χ3n) is 2.58. The molecule has 1 aliphatic rings. The monoisotopic (exact) mass is 285 g/mol. The molecule has 1 aromatic rings. The molecular weight excluding hydrogens is 270 g/mol. The zero-order chi connectivity index (χ0) is 11.5. The van der Waals surface area contributed by atoms with Crippen molar-refractivity contribution in [1.82, 2.24) is 5.32 Å². The fourth-order valence-corrected chi connectivity index (χ4v) is 2.26. The maximum Gasteiger partial charge on any atom is 0.123 e. The van der Waals surface area contributed by atoms with Crippen LogP contribution in [0.3, 0.4) is 0 Å². The van der Waals surface area contributed by atoms with E-state index in [0.29, 0.717) is 6.54 Å². The van der Waals surface area contributed by atoms with Gasteiger partial charge in [-0.2, -0.15) is 0 Å². The molecule has 0 aliphatic carbocycles. The lowest BCUT2D eigenvalue weighted by atomic mass is 10.1. The van der Waals surface area contributed by atoms with Crippen LogP contribution in [0.4, 0.5) is 0 Å². The van der Waals surface area contributed by atoms with Crippen molar-refractivity contribution in [3.63, 3.8) is 0 Å².